The second-order valence-electron chi connectivity index (χ2n) is 4.19. The van der Waals surface area contributed by atoms with E-state index in [-0.39, 0.29) is 6.04 Å². The van der Waals surface area contributed by atoms with E-state index in [9.17, 15) is 4.79 Å². The van der Waals surface area contributed by atoms with Gasteiger partial charge in [-0.3, -0.25) is 9.69 Å². The van der Waals surface area contributed by atoms with Gasteiger partial charge < -0.3 is 5.11 Å². The lowest BCUT2D eigenvalue weighted by Crippen LogP contribution is -2.35. The molecule has 1 saturated heterocycles. The van der Waals surface area contributed by atoms with E-state index < -0.39 is 5.97 Å². The van der Waals surface area contributed by atoms with E-state index in [2.05, 4.69) is 24.0 Å². The average Bonchev–Trinajstić information content (AvgIpc) is 2.87. The Hall–Kier alpha value is -0.870. The zero-order valence-electron chi connectivity index (χ0n) is 9.48. The van der Waals surface area contributed by atoms with Crippen LogP contribution in [0.25, 0.3) is 0 Å². The van der Waals surface area contributed by atoms with Crippen molar-refractivity contribution in [2.24, 2.45) is 0 Å². The highest BCUT2D eigenvalue weighted by Crippen LogP contribution is 2.24. The molecule has 2 heterocycles. The summed E-state index contributed by atoms with van der Waals surface area (Å²) < 4.78 is 0. The molecule has 0 amide bonds. The molecule has 1 fully saturated rings. The minimum Gasteiger partial charge on any atom is -0.480 e. The van der Waals surface area contributed by atoms with Crippen molar-refractivity contribution >= 4 is 17.3 Å². The number of rotatable bonds is 4. The molecule has 4 heteroatoms. The summed E-state index contributed by atoms with van der Waals surface area (Å²) in [4.78, 5) is 15.8. The maximum Gasteiger partial charge on any atom is 0.320 e. The van der Waals surface area contributed by atoms with Crippen molar-refractivity contribution < 1.29 is 9.90 Å². The van der Waals surface area contributed by atoms with Gasteiger partial charge in [0.05, 0.1) is 0 Å². The van der Waals surface area contributed by atoms with Gasteiger partial charge in [0.2, 0.25) is 0 Å². The van der Waals surface area contributed by atoms with Crippen molar-refractivity contribution in [2.45, 2.75) is 38.8 Å². The quantitative estimate of drug-likeness (QED) is 0.877. The van der Waals surface area contributed by atoms with Crippen LogP contribution in [0.4, 0.5) is 0 Å². The van der Waals surface area contributed by atoms with Gasteiger partial charge in [-0.25, -0.2) is 0 Å². The summed E-state index contributed by atoms with van der Waals surface area (Å²) in [5.74, 6) is -0.676. The normalized spacial score (nSPS) is 21.4. The van der Waals surface area contributed by atoms with Crippen molar-refractivity contribution in [1.29, 1.82) is 0 Å². The molecular formula is C12H17NO2S. The fraction of sp³-hybridized carbons (Fsp3) is 0.583. The Morgan fingerprint density at radius 1 is 1.56 bits per heavy atom. The molecule has 16 heavy (non-hydrogen) atoms. The number of hydrogen-bond acceptors (Lipinski definition) is 3. The number of carboxylic acids is 1. The summed E-state index contributed by atoms with van der Waals surface area (Å²) >= 11 is 1.80. The predicted octanol–water partition coefficient (Wildman–Crippen LogP) is 2.36. The minimum atomic E-state index is -0.676. The van der Waals surface area contributed by atoms with Gasteiger partial charge in [0.15, 0.2) is 0 Å². The highest BCUT2D eigenvalue weighted by atomic mass is 32.1. The van der Waals surface area contributed by atoms with Crippen LogP contribution in [0, 0.1) is 0 Å². The molecule has 2 rings (SSSR count). The fourth-order valence-corrected chi connectivity index (χ4v) is 3.18. The molecule has 1 aromatic heterocycles. The summed E-state index contributed by atoms with van der Waals surface area (Å²) in [6, 6.07) is 4.00. The average molecular weight is 239 g/mol. The molecule has 0 saturated carbocycles. The summed E-state index contributed by atoms with van der Waals surface area (Å²) in [7, 11) is 0. The number of nitrogens with zero attached hydrogens (tertiary/aromatic N) is 1. The van der Waals surface area contributed by atoms with E-state index in [1.807, 2.05) is 0 Å². The van der Waals surface area contributed by atoms with E-state index in [1.54, 1.807) is 11.3 Å². The summed E-state index contributed by atoms with van der Waals surface area (Å²) in [5, 5.41) is 9.07. The minimum absolute atomic E-state index is 0.271. The number of carboxylic acid groups (broad SMARTS) is 1. The molecular weight excluding hydrogens is 222 g/mol. The second-order valence-corrected chi connectivity index (χ2v) is 5.44. The molecule has 1 N–H and O–H groups in total. The lowest BCUT2D eigenvalue weighted by atomic mass is 10.2. The SMILES string of the molecule is CCc1ccc(CN2CCCC2C(=O)O)s1. The fourth-order valence-electron chi connectivity index (χ4n) is 2.19. The Morgan fingerprint density at radius 2 is 2.31 bits per heavy atom. The van der Waals surface area contributed by atoms with Crippen LogP contribution >= 0.6 is 11.3 Å². The van der Waals surface area contributed by atoms with Crippen LogP contribution in [0.5, 0.6) is 0 Å². The number of aliphatic carboxylic acids is 1. The van der Waals surface area contributed by atoms with Crippen LogP contribution in [0.1, 0.15) is 29.5 Å². The van der Waals surface area contributed by atoms with Gasteiger partial charge in [-0.15, -0.1) is 11.3 Å². The molecule has 1 aliphatic heterocycles. The molecule has 1 atom stereocenters. The Labute approximate surface area is 99.7 Å². The Kier molecular flexibility index (Phi) is 3.61. The molecule has 0 aliphatic carbocycles. The summed E-state index contributed by atoms with van der Waals surface area (Å²) in [6.07, 6.45) is 2.86. The second kappa shape index (κ2) is 4.97. The van der Waals surface area contributed by atoms with E-state index >= 15 is 0 Å². The van der Waals surface area contributed by atoms with E-state index in [1.165, 1.54) is 9.75 Å². The van der Waals surface area contributed by atoms with Gasteiger partial charge in [-0.2, -0.15) is 0 Å². The molecule has 0 spiro atoms. The van der Waals surface area contributed by atoms with Crippen molar-refractivity contribution in [3.63, 3.8) is 0 Å². The first-order valence-electron chi connectivity index (χ1n) is 5.75. The first kappa shape index (κ1) is 11.6. The first-order valence-corrected chi connectivity index (χ1v) is 6.56. The molecule has 3 nitrogen and oxygen atoms in total. The molecule has 0 radical (unpaired) electrons. The van der Waals surface area contributed by atoms with Crippen LogP contribution < -0.4 is 0 Å². The summed E-state index contributed by atoms with van der Waals surface area (Å²) in [5.41, 5.74) is 0. The van der Waals surface area contributed by atoms with Gasteiger partial charge in [0.25, 0.3) is 0 Å². The van der Waals surface area contributed by atoms with Crippen LogP contribution in [0.2, 0.25) is 0 Å². The Morgan fingerprint density at radius 3 is 2.94 bits per heavy atom. The van der Waals surface area contributed by atoms with E-state index in [0.29, 0.717) is 0 Å². The van der Waals surface area contributed by atoms with Crippen LogP contribution in [0.15, 0.2) is 12.1 Å². The van der Waals surface area contributed by atoms with Crippen LogP contribution in [0.3, 0.4) is 0 Å². The van der Waals surface area contributed by atoms with E-state index in [4.69, 9.17) is 5.11 Å². The topological polar surface area (TPSA) is 40.5 Å². The Balaban J connectivity index is 2.00. The number of thiophene rings is 1. The third kappa shape index (κ3) is 2.44. The smallest absolute Gasteiger partial charge is 0.320 e. The van der Waals surface area contributed by atoms with Crippen molar-refractivity contribution in [3.05, 3.63) is 21.9 Å². The van der Waals surface area contributed by atoms with Crippen LogP contribution in [-0.2, 0) is 17.8 Å². The third-order valence-corrected chi connectivity index (χ3v) is 4.29. The molecule has 1 aromatic rings. The van der Waals surface area contributed by atoms with Gasteiger partial charge in [0.1, 0.15) is 6.04 Å². The zero-order chi connectivity index (χ0) is 11.5. The summed E-state index contributed by atoms with van der Waals surface area (Å²) in [6.45, 7) is 3.85. The van der Waals surface area contributed by atoms with Gasteiger partial charge in [0, 0.05) is 16.3 Å². The number of hydrogen-bond donors (Lipinski definition) is 1. The standard InChI is InChI=1S/C12H17NO2S/c1-2-9-5-6-10(16-9)8-13-7-3-4-11(13)12(14)15/h5-6,11H,2-4,7-8H2,1H3,(H,14,15). The molecule has 1 unspecified atom stereocenters. The zero-order valence-corrected chi connectivity index (χ0v) is 10.3. The third-order valence-electron chi connectivity index (χ3n) is 3.07. The molecule has 0 bridgehead atoms. The van der Waals surface area contributed by atoms with Crippen molar-refractivity contribution in [2.75, 3.05) is 6.54 Å². The lowest BCUT2D eigenvalue weighted by Gasteiger charge is -2.19. The van der Waals surface area contributed by atoms with E-state index in [0.717, 1.165) is 32.4 Å². The number of carbonyl (C=O) groups is 1. The number of aryl methyl sites for hydroxylation is 1. The van der Waals surface area contributed by atoms with Crippen molar-refractivity contribution in [3.8, 4) is 0 Å². The maximum atomic E-state index is 11.0. The highest BCUT2D eigenvalue weighted by molar-refractivity contribution is 7.11. The number of likely N-dealkylation sites (tertiary alicyclic amines) is 1. The Bertz CT molecular complexity index is 375. The van der Waals surface area contributed by atoms with Gasteiger partial charge in [-0.05, 0) is 37.9 Å². The highest BCUT2D eigenvalue weighted by Gasteiger charge is 2.30. The van der Waals surface area contributed by atoms with Crippen molar-refractivity contribution in [1.82, 2.24) is 4.90 Å². The first-order chi connectivity index (χ1) is 7.70. The van der Waals surface area contributed by atoms with Crippen LogP contribution in [-0.4, -0.2) is 28.6 Å². The molecule has 1 aliphatic rings. The maximum absolute atomic E-state index is 11.0. The predicted molar refractivity (Wildman–Crippen MR) is 64.8 cm³/mol. The lowest BCUT2D eigenvalue weighted by molar-refractivity contribution is -0.142. The molecule has 0 aromatic carbocycles. The van der Waals surface area contributed by atoms with Gasteiger partial charge >= 0.3 is 5.97 Å². The van der Waals surface area contributed by atoms with Gasteiger partial charge in [-0.1, -0.05) is 6.92 Å². The largest absolute Gasteiger partial charge is 0.480 e. The monoisotopic (exact) mass is 239 g/mol. The molecule has 88 valence electrons.